The Hall–Kier alpha value is -3.59. The quantitative estimate of drug-likeness (QED) is 0.408. The summed E-state index contributed by atoms with van der Waals surface area (Å²) in [5.41, 5.74) is 1.61. The summed E-state index contributed by atoms with van der Waals surface area (Å²) in [7, 11) is 0. The van der Waals surface area contributed by atoms with Crippen molar-refractivity contribution < 1.29 is 24.2 Å². The van der Waals surface area contributed by atoms with Crippen molar-refractivity contribution in [1.29, 1.82) is 0 Å². The molecule has 0 radical (unpaired) electrons. The Morgan fingerprint density at radius 2 is 1.88 bits per heavy atom. The molecule has 9 heteroatoms. The van der Waals surface area contributed by atoms with Gasteiger partial charge in [0.25, 0.3) is 11.6 Å². The van der Waals surface area contributed by atoms with Crippen LogP contribution in [0.3, 0.4) is 0 Å². The molecule has 4 aliphatic rings. The third kappa shape index (κ3) is 2.22. The van der Waals surface area contributed by atoms with Gasteiger partial charge < -0.3 is 10.2 Å². The predicted octanol–water partition coefficient (Wildman–Crippen LogP) is 1.23. The van der Waals surface area contributed by atoms with E-state index < -0.39 is 28.2 Å². The van der Waals surface area contributed by atoms with E-state index in [9.17, 15) is 24.5 Å². The first-order valence-electron chi connectivity index (χ1n) is 11.2. The number of fused-ring (bicyclic) bond motifs is 7. The minimum atomic E-state index is -1.16. The molecule has 4 heterocycles. The molecule has 168 valence electrons. The molecule has 0 aromatic heterocycles. The van der Waals surface area contributed by atoms with Crippen LogP contribution in [0.1, 0.15) is 29.5 Å². The number of nitrogens with one attached hydrogen (secondary N) is 2. The number of carbonyl (C=O) groups is 3. The number of imide groups is 1. The number of benzene rings is 2. The molecule has 2 N–H and O–H groups in total. The number of carbonyl (C=O) groups excluding carboxylic acids is 3. The number of hydrogen-bond donors (Lipinski definition) is 2. The second-order valence-corrected chi connectivity index (χ2v) is 9.48. The summed E-state index contributed by atoms with van der Waals surface area (Å²) in [6, 6.07) is 9.96. The zero-order valence-corrected chi connectivity index (χ0v) is 18.3. The molecule has 2 aromatic carbocycles. The van der Waals surface area contributed by atoms with E-state index in [0.717, 1.165) is 46.0 Å². The third-order valence-corrected chi connectivity index (χ3v) is 8.17. The van der Waals surface area contributed by atoms with Gasteiger partial charge in [0.15, 0.2) is 0 Å². The molecule has 0 saturated carbocycles. The van der Waals surface area contributed by atoms with Gasteiger partial charge in [0.2, 0.25) is 17.4 Å². The molecule has 0 bridgehead atoms. The fraction of sp³-hybridized carbons (Fsp3) is 0.375. The van der Waals surface area contributed by atoms with E-state index in [1.54, 1.807) is 13.0 Å². The lowest BCUT2D eigenvalue weighted by atomic mass is 9.75. The molecule has 33 heavy (non-hydrogen) atoms. The number of nitro groups is 1. The topological polar surface area (TPSA) is 114 Å². The van der Waals surface area contributed by atoms with Gasteiger partial charge in [-0.1, -0.05) is 24.3 Å². The molecule has 5 atom stereocenters. The smallest absolute Gasteiger partial charge is 0.291 e. The maximum Gasteiger partial charge on any atom is 0.291 e. The van der Waals surface area contributed by atoms with Crippen LogP contribution in [0.4, 0.5) is 17.1 Å². The maximum absolute atomic E-state index is 14.0. The molecule has 9 nitrogen and oxygen atoms in total. The monoisotopic (exact) mass is 447 g/mol. The number of anilines is 2. The number of quaternary nitrogens is 1. The van der Waals surface area contributed by atoms with E-state index in [4.69, 9.17) is 0 Å². The highest BCUT2D eigenvalue weighted by molar-refractivity contribution is 6.25. The minimum absolute atomic E-state index is 0.146. The molecule has 2 aromatic rings. The standard InChI is InChI=1S/C24H22N4O5/c1-12-6-3-7-14-20(12)25-23(31)24(14)19-18(17-10-5-11-26(17)24)21(29)27(22(19)30)15-8-4-9-16(13(15)2)28(32)33/h3-4,6-9,17-19H,5,10-11H2,1-2H3,(H,25,31)/p+1/t17-,18+,19-,24-/m0/s1. The largest absolute Gasteiger partial charge is 0.320 e. The average Bonchev–Trinajstić information content (AvgIpc) is 3.48. The normalized spacial score (nSPS) is 31.7. The Morgan fingerprint density at radius 1 is 1.12 bits per heavy atom. The molecule has 3 amide bonds. The fourth-order valence-corrected chi connectivity index (χ4v) is 6.92. The van der Waals surface area contributed by atoms with Gasteiger partial charge in [-0.2, -0.15) is 0 Å². The summed E-state index contributed by atoms with van der Waals surface area (Å²) in [4.78, 5) is 54.6. The van der Waals surface area contributed by atoms with Crippen LogP contribution in [0.2, 0.25) is 0 Å². The van der Waals surface area contributed by atoms with Crippen molar-refractivity contribution in [2.75, 3.05) is 16.8 Å². The summed E-state index contributed by atoms with van der Waals surface area (Å²) >= 11 is 0. The van der Waals surface area contributed by atoms with E-state index in [2.05, 4.69) is 5.32 Å². The number of amides is 3. The Bertz CT molecular complexity index is 1290. The van der Waals surface area contributed by atoms with E-state index in [-0.39, 0.29) is 34.8 Å². The fourth-order valence-electron chi connectivity index (χ4n) is 6.92. The van der Waals surface area contributed by atoms with Crippen molar-refractivity contribution in [2.24, 2.45) is 11.8 Å². The van der Waals surface area contributed by atoms with E-state index >= 15 is 0 Å². The highest BCUT2D eigenvalue weighted by atomic mass is 16.6. The van der Waals surface area contributed by atoms with Crippen molar-refractivity contribution in [3.8, 4) is 0 Å². The minimum Gasteiger partial charge on any atom is -0.320 e. The first-order chi connectivity index (χ1) is 15.8. The van der Waals surface area contributed by atoms with Gasteiger partial charge in [-0.05, 0) is 25.5 Å². The van der Waals surface area contributed by atoms with E-state index in [0.29, 0.717) is 0 Å². The molecular weight excluding hydrogens is 424 g/mol. The van der Waals surface area contributed by atoms with E-state index in [1.807, 2.05) is 25.1 Å². The summed E-state index contributed by atoms with van der Waals surface area (Å²) < 4.78 is 0. The molecule has 4 aliphatic heterocycles. The first kappa shape index (κ1) is 20.0. The number of rotatable bonds is 2. The maximum atomic E-state index is 14.0. The zero-order chi connectivity index (χ0) is 23.2. The summed E-state index contributed by atoms with van der Waals surface area (Å²) in [6.07, 6.45) is 1.63. The molecule has 1 spiro atoms. The Labute approximate surface area is 189 Å². The second kappa shape index (κ2) is 6.48. The molecule has 3 fully saturated rings. The number of nitro benzene ring substituents is 1. The lowest BCUT2D eigenvalue weighted by Crippen LogP contribution is -3.19. The predicted molar refractivity (Wildman–Crippen MR) is 118 cm³/mol. The van der Waals surface area contributed by atoms with Gasteiger partial charge >= 0.3 is 0 Å². The first-order valence-corrected chi connectivity index (χ1v) is 11.2. The van der Waals surface area contributed by atoms with Crippen molar-refractivity contribution in [3.63, 3.8) is 0 Å². The average molecular weight is 447 g/mol. The molecule has 6 rings (SSSR count). The summed E-state index contributed by atoms with van der Waals surface area (Å²) in [5, 5.41) is 14.5. The number of para-hydroxylation sites is 1. The van der Waals surface area contributed by atoms with Crippen LogP contribution in [0.15, 0.2) is 36.4 Å². The Balaban J connectivity index is 1.56. The van der Waals surface area contributed by atoms with Gasteiger partial charge in [-0.25, -0.2) is 4.90 Å². The zero-order valence-electron chi connectivity index (χ0n) is 18.3. The van der Waals surface area contributed by atoms with Gasteiger partial charge in [0.1, 0.15) is 17.9 Å². The summed E-state index contributed by atoms with van der Waals surface area (Å²) in [6.45, 7) is 4.18. The lowest BCUT2D eigenvalue weighted by molar-refractivity contribution is -0.948. The lowest BCUT2D eigenvalue weighted by Gasteiger charge is -2.33. The molecular formula is C24H23N4O5+. The number of aryl methyl sites for hydroxylation is 1. The van der Waals surface area contributed by atoms with Crippen molar-refractivity contribution in [2.45, 2.75) is 38.3 Å². The second-order valence-electron chi connectivity index (χ2n) is 9.48. The van der Waals surface area contributed by atoms with Crippen LogP contribution in [0, 0.1) is 35.8 Å². The number of hydrogen-bond acceptors (Lipinski definition) is 5. The summed E-state index contributed by atoms with van der Waals surface area (Å²) in [5.74, 6) is -2.51. The highest BCUT2D eigenvalue weighted by Gasteiger charge is 2.78. The molecule has 3 saturated heterocycles. The van der Waals surface area contributed by atoms with Crippen molar-refractivity contribution in [3.05, 3.63) is 63.2 Å². The van der Waals surface area contributed by atoms with Crippen molar-refractivity contribution in [1.82, 2.24) is 0 Å². The van der Waals surface area contributed by atoms with Crippen LogP contribution in [0.25, 0.3) is 0 Å². The molecule has 1 unspecified atom stereocenters. The molecule has 0 aliphatic carbocycles. The third-order valence-electron chi connectivity index (χ3n) is 8.17. The van der Waals surface area contributed by atoms with Gasteiger partial charge in [-0.15, -0.1) is 0 Å². The van der Waals surface area contributed by atoms with Crippen molar-refractivity contribution >= 4 is 34.8 Å². The van der Waals surface area contributed by atoms with Crippen LogP contribution >= 0.6 is 0 Å². The number of nitrogens with zero attached hydrogens (tertiary/aromatic N) is 2. The van der Waals surface area contributed by atoms with Gasteiger partial charge in [-0.3, -0.25) is 24.5 Å². The SMILES string of the molecule is Cc1cccc2c1NC(=O)[C@@]21[C@@H]2C(=O)N(c3cccc([N+](=O)[O-])c3C)C(=O)[C@@H]2[C@@H]2CCC[NH+]21. The van der Waals surface area contributed by atoms with E-state index in [1.165, 1.54) is 12.1 Å². The van der Waals surface area contributed by atoms with Gasteiger partial charge in [0, 0.05) is 24.5 Å². The highest BCUT2D eigenvalue weighted by Crippen LogP contribution is 2.53. The van der Waals surface area contributed by atoms with Gasteiger partial charge in [0.05, 0.1) is 28.4 Å². The van der Waals surface area contributed by atoms with Crippen LogP contribution in [-0.2, 0) is 19.9 Å². The Morgan fingerprint density at radius 3 is 2.64 bits per heavy atom. The van der Waals surface area contributed by atoms with Crippen LogP contribution < -0.4 is 15.1 Å². The Kier molecular flexibility index (Phi) is 3.93. The van der Waals surface area contributed by atoms with Crippen LogP contribution in [0.5, 0.6) is 0 Å². The van der Waals surface area contributed by atoms with Crippen LogP contribution in [-0.4, -0.2) is 35.2 Å².